The molecule has 0 aliphatic carbocycles. The third-order valence-corrected chi connectivity index (χ3v) is 7.01. The van der Waals surface area contributed by atoms with Gasteiger partial charge in [-0.05, 0) is 36.4 Å². The number of hydrogen-bond acceptors (Lipinski definition) is 6. The van der Waals surface area contributed by atoms with Gasteiger partial charge in [-0.2, -0.15) is 5.26 Å². The molecule has 4 heterocycles. The molecule has 1 fully saturated rings. The third-order valence-electron chi connectivity index (χ3n) is 7.01. The minimum Gasteiger partial charge on any atom is -0.355 e. The van der Waals surface area contributed by atoms with E-state index in [4.69, 9.17) is 5.73 Å². The molecule has 2 aromatic carbocycles. The Bertz CT molecular complexity index is 1800. The molecule has 0 spiro atoms. The van der Waals surface area contributed by atoms with Gasteiger partial charge >= 0.3 is 0 Å². The van der Waals surface area contributed by atoms with Gasteiger partial charge in [-0.25, -0.2) is 13.8 Å². The number of nitriles is 1. The molecule has 2 N–H and O–H groups in total. The maximum Gasteiger partial charge on any atom is 0.278 e. The summed E-state index contributed by atoms with van der Waals surface area (Å²) in [4.78, 5) is 24.8. The molecule has 3 aromatic heterocycles. The average molecular weight is 512 g/mol. The van der Waals surface area contributed by atoms with Crippen LogP contribution in [0.2, 0.25) is 0 Å². The summed E-state index contributed by atoms with van der Waals surface area (Å²) >= 11 is 0. The van der Waals surface area contributed by atoms with Gasteiger partial charge in [0.1, 0.15) is 40.1 Å². The van der Waals surface area contributed by atoms with Crippen LogP contribution in [0.25, 0.3) is 27.5 Å². The van der Waals surface area contributed by atoms with Crippen molar-refractivity contribution >= 4 is 27.6 Å². The van der Waals surface area contributed by atoms with Gasteiger partial charge in [0.2, 0.25) is 0 Å². The molecule has 0 radical (unpaired) electrons. The summed E-state index contributed by atoms with van der Waals surface area (Å²) in [5, 5.41) is 12.0. The Labute approximate surface area is 216 Å². The lowest BCUT2D eigenvalue weighted by molar-refractivity contribution is 0.501. The number of nitrogens with two attached hydrogens (primary N) is 1. The Morgan fingerprint density at radius 3 is 2.76 bits per heavy atom. The molecule has 5 aromatic rings. The van der Waals surface area contributed by atoms with Crippen LogP contribution in [0.3, 0.4) is 0 Å². The van der Waals surface area contributed by atoms with Crippen LogP contribution in [0.1, 0.15) is 24.1 Å². The molecule has 1 aliphatic heterocycles. The number of piperidine rings is 1. The largest absolute Gasteiger partial charge is 0.355 e. The van der Waals surface area contributed by atoms with Crippen molar-refractivity contribution < 1.29 is 8.78 Å². The number of rotatable bonds is 4. The van der Waals surface area contributed by atoms with E-state index < -0.39 is 17.2 Å². The number of halogens is 2. The van der Waals surface area contributed by atoms with E-state index in [9.17, 15) is 14.4 Å². The molecule has 1 aliphatic rings. The van der Waals surface area contributed by atoms with E-state index in [1.54, 1.807) is 6.20 Å². The van der Waals surface area contributed by atoms with Crippen molar-refractivity contribution in [2.24, 2.45) is 5.73 Å². The second-order valence-corrected chi connectivity index (χ2v) is 9.44. The lowest BCUT2D eigenvalue weighted by atomic mass is 10.1. The lowest BCUT2D eigenvalue weighted by Crippen LogP contribution is -2.44. The smallest absolute Gasteiger partial charge is 0.278 e. The van der Waals surface area contributed by atoms with Gasteiger partial charge in [-0.15, -0.1) is 0 Å². The number of aromatic nitrogens is 4. The maximum atomic E-state index is 15.2. The summed E-state index contributed by atoms with van der Waals surface area (Å²) in [6.07, 6.45) is 4.64. The lowest BCUT2D eigenvalue weighted by Gasteiger charge is -2.33. The van der Waals surface area contributed by atoms with Gasteiger partial charge in [0.05, 0.1) is 24.3 Å². The molecule has 38 heavy (non-hydrogen) atoms. The number of fused-ring (bicyclic) bond motifs is 2. The first kappa shape index (κ1) is 23.8. The number of nitrogens with zero attached hydrogens (tertiary/aromatic N) is 6. The zero-order chi connectivity index (χ0) is 26.4. The average Bonchev–Trinajstić information content (AvgIpc) is 3.25. The SMILES string of the molecule is N#Cc1c(N2CCCC(N)C2)n(-c2ccc(F)cc2F)c2c(=O)n(Cc3nccc4ccccc34)cnc12. The Hall–Kier alpha value is -4.62. The van der Waals surface area contributed by atoms with Crippen LogP contribution in [-0.4, -0.2) is 38.2 Å². The summed E-state index contributed by atoms with van der Waals surface area (Å²) in [7, 11) is 0. The topological polar surface area (TPSA) is 106 Å². The van der Waals surface area contributed by atoms with E-state index in [-0.39, 0.29) is 34.9 Å². The fraction of sp³-hybridized carbons (Fsp3) is 0.214. The number of anilines is 1. The highest BCUT2D eigenvalue weighted by atomic mass is 19.1. The molecule has 190 valence electrons. The quantitative estimate of drug-likeness (QED) is 0.393. The van der Waals surface area contributed by atoms with E-state index in [1.807, 2.05) is 35.2 Å². The van der Waals surface area contributed by atoms with Gasteiger partial charge in [0.15, 0.2) is 0 Å². The molecule has 1 unspecified atom stereocenters. The molecular formula is C28H23F2N7O. The molecule has 10 heteroatoms. The molecule has 8 nitrogen and oxygen atoms in total. The molecule has 1 atom stereocenters. The summed E-state index contributed by atoms with van der Waals surface area (Å²) in [6, 6.07) is 14.8. The molecule has 0 bridgehead atoms. The van der Waals surface area contributed by atoms with Gasteiger partial charge in [-0.3, -0.25) is 18.9 Å². The van der Waals surface area contributed by atoms with Crippen molar-refractivity contribution in [3.05, 3.63) is 94.3 Å². The first-order valence-electron chi connectivity index (χ1n) is 12.3. The van der Waals surface area contributed by atoms with Crippen LogP contribution in [-0.2, 0) is 6.54 Å². The van der Waals surface area contributed by atoms with Crippen molar-refractivity contribution in [1.29, 1.82) is 5.26 Å². The van der Waals surface area contributed by atoms with Crippen molar-refractivity contribution in [3.63, 3.8) is 0 Å². The Morgan fingerprint density at radius 1 is 1.13 bits per heavy atom. The van der Waals surface area contributed by atoms with Crippen molar-refractivity contribution in [1.82, 2.24) is 19.1 Å². The molecule has 0 amide bonds. The first-order valence-corrected chi connectivity index (χ1v) is 12.3. The van der Waals surface area contributed by atoms with Gasteiger partial charge in [0, 0.05) is 36.8 Å². The van der Waals surface area contributed by atoms with Crippen LogP contribution in [0.5, 0.6) is 0 Å². The fourth-order valence-electron chi connectivity index (χ4n) is 5.27. The third kappa shape index (κ3) is 3.88. The molecule has 6 rings (SSSR count). The minimum absolute atomic E-state index is 0.0314. The van der Waals surface area contributed by atoms with Crippen LogP contribution in [0, 0.1) is 23.0 Å². The second-order valence-electron chi connectivity index (χ2n) is 9.44. The van der Waals surface area contributed by atoms with Crippen molar-refractivity contribution in [2.45, 2.75) is 25.4 Å². The zero-order valence-corrected chi connectivity index (χ0v) is 20.3. The zero-order valence-electron chi connectivity index (χ0n) is 20.3. The van der Waals surface area contributed by atoms with Crippen molar-refractivity contribution in [3.8, 4) is 11.8 Å². The number of pyridine rings is 1. The Morgan fingerprint density at radius 2 is 1.97 bits per heavy atom. The predicted molar refractivity (Wildman–Crippen MR) is 140 cm³/mol. The van der Waals surface area contributed by atoms with E-state index in [0.717, 1.165) is 35.7 Å². The maximum absolute atomic E-state index is 15.2. The van der Waals surface area contributed by atoms with Crippen LogP contribution >= 0.6 is 0 Å². The van der Waals surface area contributed by atoms with E-state index in [0.29, 0.717) is 24.6 Å². The van der Waals surface area contributed by atoms with Crippen LogP contribution < -0.4 is 16.2 Å². The van der Waals surface area contributed by atoms with E-state index in [1.165, 1.54) is 21.5 Å². The normalized spacial score (nSPS) is 15.7. The highest BCUT2D eigenvalue weighted by Gasteiger charge is 2.30. The minimum atomic E-state index is -0.862. The first-order chi connectivity index (χ1) is 18.5. The molecule has 1 saturated heterocycles. The summed E-state index contributed by atoms with van der Waals surface area (Å²) in [5.74, 6) is -1.28. The monoisotopic (exact) mass is 511 g/mol. The molecule has 0 saturated carbocycles. The summed E-state index contributed by atoms with van der Waals surface area (Å²) in [5.41, 5.74) is 6.70. The van der Waals surface area contributed by atoms with Gasteiger partial charge in [0.25, 0.3) is 5.56 Å². The van der Waals surface area contributed by atoms with E-state index >= 15 is 4.39 Å². The second kappa shape index (κ2) is 9.36. The highest BCUT2D eigenvalue weighted by Crippen LogP contribution is 2.35. The molecular weight excluding hydrogens is 488 g/mol. The van der Waals surface area contributed by atoms with Gasteiger partial charge in [-0.1, -0.05) is 24.3 Å². The van der Waals surface area contributed by atoms with Crippen LogP contribution in [0.4, 0.5) is 14.6 Å². The van der Waals surface area contributed by atoms with Gasteiger partial charge < -0.3 is 10.6 Å². The fourth-order valence-corrected chi connectivity index (χ4v) is 5.27. The van der Waals surface area contributed by atoms with E-state index in [2.05, 4.69) is 16.0 Å². The summed E-state index contributed by atoms with van der Waals surface area (Å²) in [6.45, 7) is 1.10. The predicted octanol–water partition coefficient (Wildman–Crippen LogP) is 3.86. The summed E-state index contributed by atoms with van der Waals surface area (Å²) < 4.78 is 31.9. The number of hydrogen-bond donors (Lipinski definition) is 1. The Balaban J connectivity index is 1.62. The number of benzene rings is 2. The van der Waals surface area contributed by atoms with Crippen LogP contribution in [0.15, 0.2) is 65.8 Å². The Kier molecular flexibility index (Phi) is 5.85. The van der Waals surface area contributed by atoms with Crippen molar-refractivity contribution in [2.75, 3.05) is 18.0 Å². The standard InChI is InChI=1S/C28H23F2N7O/c29-18-7-8-24(22(30)12-18)37-26-25(21(13-31)27(37)35-11-3-5-19(32)14-35)34-16-36(28(26)38)15-23-20-6-2-1-4-17(20)9-10-33-23/h1-2,4,6-10,12,16,19H,3,5,11,14-15,32H2. The highest BCUT2D eigenvalue weighted by molar-refractivity contribution is 5.91.